The van der Waals surface area contributed by atoms with Crippen LogP contribution in [-0.2, 0) is 17.9 Å². The van der Waals surface area contributed by atoms with Gasteiger partial charge in [0.05, 0.1) is 26.0 Å². The van der Waals surface area contributed by atoms with Gasteiger partial charge in [-0.1, -0.05) is 23.4 Å². The van der Waals surface area contributed by atoms with Crippen molar-refractivity contribution in [1.29, 1.82) is 0 Å². The van der Waals surface area contributed by atoms with Gasteiger partial charge in [0.25, 0.3) is 5.91 Å². The molecule has 28 heavy (non-hydrogen) atoms. The molecule has 0 radical (unpaired) electrons. The molecule has 4 rings (SSSR count). The number of hydrogen-bond donors (Lipinski definition) is 1. The summed E-state index contributed by atoms with van der Waals surface area (Å²) in [6.07, 6.45) is -0.192. The predicted octanol–water partition coefficient (Wildman–Crippen LogP) is 3.26. The topological polar surface area (TPSA) is 78.3 Å². The van der Waals surface area contributed by atoms with Crippen molar-refractivity contribution in [2.24, 2.45) is 0 Å². The van der Waals surface area contributed by atoms with Gasteiger partial charge in [0.1, 0.15) is 17.7 Å². The van der Waals surface area contributed by atoms with E-state index in [4.69, 9.17) is 9.47 Å². The smallest absolute Gasteiger partial charge is 0.278 e. The van der Waals surface area contributed by atoms with E-state index in [1.54, 1.807) is 30.8 Å². The number of aryl methyl sites for hydroxylation is 1. The molecule has 8 heteroatoms. The molecular formula is C20H19FN4O3. The molecule has 0 aliphatic carbocycles. The number of benzene rings is 2. The number of halogens is 1. The van der Waals surface area contributed by atoms with E-state index >= 15 is 0 Å². The van der Waals surface area contributed by atoms with Crippen LogP contribution in [0.4, 0.5) is 10.1 Å². The zero-order valence-corrected chi connectivity index (χ0v) is 15.5. The van der Waals surface area contributed by atoms with Crippen LogP contribution < -0.4 is 10.1 Å². The van der Waals surface area contributed by atoms with Crippen LogP contribution >= 0.6 is 0 Å². The summed E-state index contributed by atoms with van der Waals surface area (Å²) in [5.74, 6) is -0.0584. The lowest BCUT2D eigenvalue weighted by atomic mass is 10.1. The maximum atomic E-state index is 13.7. The first kappa shape index (κ1) is 18.1. The summed E-state index contributed by atoms with van der Waals surface area (Å²) in [6, 6.07) is 12.1. The first-order valence-electron chi connectivity index (χ1n) is 8.80. The molecule has 0 spiro atoms. The number of carbonyl (C=O) groups excluding carboxylic acids is 1. The highest BCUT2D eigenvalue weighted by Crippen LogP contribution is 2.28. The fourth-order valence-corrected chi connectivity index (χ4v) is 3.07. The highest BCUT2D eigenvalue weighted by Gasteiger charge is 2.27. The number of anilines is 1. The van der Waals surface area contributed by atoms with Crippen LogP contribution in [0.2, 0.25) is 0 Å². The van der Waals surface area contributed by atoms with Crippen LogP contribution in [0, 0.1) is 12.7 Å². The van der Waals surface area contributed by atoms with Gasteiger partial charge in [0.2, 0.25) is 0 Å². The Morgan fingerprint density at radius 2 is 2.07 bits per heavy atom. The number of hydrogen-bond acceptors (Lipinski definition) is 5. The second-order valence-corrected chi connectivity index (χ2v) is 6.56. The van der Waals surface area contributed by atoms with E-state index in [0.29, 0.717) is 23.5 Å². The molecule has 1 aliphatic heterocycles. The number of rotatable bonds is 4. The number of fused-ring (bicyclic) bond motifs is 1. The average molecular weight is 382 g/mol. The second-order valence-electron chi connectivity index (χ2n) is 6.56. The predicted molar refractivity (Wildman–Crippen MR) is 99.6 cm³/mol. The number of nitrogens with one attached hydrogen (secondary N) is 1. The van der Waals surface area contributed by atoms with Gasteiger partial charge in [-0.2, -0.15) is 0 Å². The molecule has 0 saturated heterocycles. The van der Waals surface area contributed by atoms with Gasteiger partial charge in [-0.05, 0) is 42.3 Å². The minimum absolute atomic E-state index is 0.175. The van der Waals surface area contributed by atoms with Crippen molar-refractivity contribution in [3.8, 4) is 5.75 Å². The van der Waals surface area contributed by atoms with Crippen molar-refractivity contribution in [2.75, 3.05) is 12.4 Å². The zero-order valence-electron chi connectivity index (χ0n) is 15.5. The zero-order chi connectivity index (χ0) is 19.7. The molecule has 1 amide bonds. The fraction of sp³-hybridized carbons (Fsp3) is 0.250. The lowest BCUT2D eigenvalue weighted by molar-refractivity contribution is -0.00173. The van der Waals surface area contributed by atoms with Crippen LogP contribution in [0.1, 0.15) is 33.4 Å². The Morgan fingerprint density at radius 1 is 1.29 bits per heavy atom. The molecule has 0 saturated carbocycles. The molecule has 7 nitrogen and oxygen atoms in total. The van der Waals surface area contributed by atoms with Crippen molar-refractivity contribution in [3.63, 3.8) is 0 Å². The normalized spacial score (nSPS) is 15.8. The third kappa shape index (κ3) is 3.46. The molecule has 144 valence electrons. The molecule has 1 aliphatic rings. The van der Waals surface area contributed by atoms with Crippen molar-refractivity contribution >= 4 is 11.6 Å². The SMILES string of the molecule is COc1ccc([C@H]2Cn3nnc(C(=O)Nc4ccc(C)c(F)c4)c3CO2)cc1. The van der Waals surface area contributed by atoms with E-state index < -0.39 is 5.91 Å². The summed E-state index contributed by atoms with van der Waals surface area (Å²) in [4.78, 5) is 12.5. The number of methoxy groups -OCH3 is 1. The number of carbonyl (C=O) groups is 1. The summed E-state index contributed by atoms with van der Waals surface area (Å²) in [5.41, 5.74) is 2.63. The molecule has 1 N–H and O–H groups in total. The number of aromatic nitrogens is 3. The monoisotopic (exact) mass is 382 g/mol. The maximum absolute atomic E-state index is 13.7. The molecule has 1 atom stereocenters. The van der Waals surface area contributed by atoms with Gasteiger partial charge in [-0.25, -0.2) is 9.07 Å². The molecule has 1 aromatic heterocycles. The van der Waals surface area contributed by atoms with E-state index in [-0.39, 0.29) is 24.2 Å². The van der Waals surface area contributed by atoms with Gasteiger partial charge in [0, 0.05) is 5.69 Å². The number of ether oxygens (including phenoxy) is 2. The van der Waals surface area contributed by atoms with E-state index in [1.165, 1.54) is 6.07 Å². The van der Waals surface area contributed by atoms with Crippen LogP contribution in [0.25, 0.3) is 0 Å². The van der Waals surface area contributed by atoms with E-state index in [9.17, 15) is 9.18 Å². The van der Waals surface area contributed by atoms with Crippen molar-refractivity contribution in [3.05, 3.63) is 70.8 Å². The summed E-state index contributed by atoms with van der Waals surface area (Å²) in [7, 11) is 1.62. The van der Waals surface area contributed by atoms with Crippen LogP contribution in [0.15, 0.2) is 42.5 Å². The Labute approximate surface area is 161 Å². The molecule has 2 heterocycles. The largest absolute Gasteiger partial charge is 0.497 e. The molecule has 0 unspecified atom stereocenters. The Bertz CT molecular complexity index is 1020. The third-order valence-corrected chi connectivity index (χ3v) is 4.73. The van der Waals surface area contributed by atoms with E-state index in [2.05, 4.69) is 15.6 Å². The summed E-state index contributed by atoms with van der Waals surface area (Å²) in [6.45, 7) is 2.31. The third-order valence-electron chi connectivity index (χ3n) is 4.73. The number of nitrogens with zero attached hydrogens (tertiary/aromatic N) is 3. The summed E-state index contributed by atoms with van der Waals surface area (Å²) in [5, 5.41) is 10.7. The highest BCUT2D eigenvalue weighted by molar-refractivity contribution is 6.03. The van der Waals surface area contributed by atoms with E-state index in [0.717, 1.165) is 11.3 Å². The molecular weight excluding hydrogens is 363 g/mol. The molecule has 0 bridgehead atoms. The lowest BCUT2D eigenvalue weighted by Gasteiger charge is -2.24. The first-order valence-corrected chi connectivity index (χ1v) is 8.80. The maximum Gasteiger partial charge on any atom is 0.278 e. The Morgan fingerprint density at radius 3 is 2.79 bits per heavy atom. The minimum atomic E-state index is -0.448. The van der Waals surface area contributed by atoms with Crippen molar-refractivity contribution < 1.29 is 18.7 Å². The van der Waals surface area contributed by atoms with Gasteiger partial charge < -0.3 is 14.8 Å². The molecule has 3 aromatic rings. The van der Waals surface area contributed by atoms with Crippen molar-refractivity contribution in [1.82, 2.24) is 15.0 Å². The summed E-state index contributed by atoms with van der Waals surface area (Å²) < 4.78 is 26.4. The van der Waals surface area contributed by atoms with Crippen LogP contribution in [0.3, 0.4) is 0 Å². The Kier molecular flexibility index (Phi) is 4.79. The summed E-state index contributed by atoms with van der Waals surface area (Å²) >= 11 is 0. The highest BCUT2D eigenvalue weighted by atomic mass is 19.1. The number of amides is 1. The average Bonchev–Trinajstić information content (AvgIpc) is 3.14. The van der Waals surface area contributed by atoms with Crippen molar-refractivity contribution in [2.45, 2.75) is 26.2 Å². The Balaban J connectivity index is 1.49. The van der Waals surface area contributed by atoms with Crippen LogP contribution in [-0.4, -0.2) is 28.0 Å². The van der Waals surface area contributed by atoms with E-state index in [1.807, 2.05) is 24.3 Å². The van der Waals surface area contributed by atoms with Gasteiger partial charge in [0.15, 0.2) is 5.69 Å². The van der Waals surface area contributed by atoms with Gasteiger partial charge in [-0.3, -0.25) is 4.79 Å². The first-order chi connectivity index (χ1) is 13.5. The lowest BCUT2D eigenvalue weighted by Crippen LogP contribution is -2.24. The van der Waals surface area contributed by atoms with Crippen LogP contribution in [0.5, 0.6) is 5.75 Å². The molecule has 2 aromatic carbocycles. The Hall–Kier alpha value is -3.26. The van der Waals surface area contributed by atoms with Gasteiger partial charge in [-0.15, -0.1) is 5.10 Å². The fourth-order valence-electron chi connectivity index (χ4n) is 3.07. The molecule has 0 fully saturated rings. The standard InChI is InChI=1S/C20H19FN4O3/c1-12-3-6-14(9-16(12)21)22-20(26)19-17-11-28-18(10-25(17)24-23-19)13-4-7-15(27-2)8-5-13/h3-9,18H,10-11H2,1-2H3,(H,22,26)/t18-/m1/s1. The van der Waals surface area contributed by atoms with Gasteiger partial charge >= 0.3 is 0 Å². The quantitative estimate of drug-likeness (QED) is 0.749. The second kappa shape index (κ2) is 7.40. The minimum Gasteiger partial charge on any atom is -0.497 e.